The summed E-state index contributed by atoms with van der Waals surface area (Å²) in [4.78, 5) is 29.4. The minimum Gasteiger partial charge on any atom is -0.378 e. The third kappa shape index (κ3) is 3.37. The number of nitrogens with zero attached hydrogens (tertiary/aromatic N) is 3. The maximum atomic E-state index is 12.3. The molecule has 0 bridgehead atoms. The number of ether oxygens (including phenoxy) is 1. The zero-order chi connectivity index (χ0) is 13.8. The number of amides is 3. The number of morpholine rings is 1. The van der Waals surface area contributed by atoms with Gasteiger partial charge in [-0.2, -0.15) is 0 Å². The van der Waals surface area contributed by atoms with Crippen molar-refractivity contribution in [2.24, 2.45) is 5.92 Å². The summed E-state index contributed by atoms with van der Waals surface area (Å²) < 4.78 is 5.26. The van der Waals surface area contributed by atoms with Gasteiger partial charge in [0.2, 0.25) is 5.91 Å². The van der Waals surface area contributed by atoms with Crippen molar-refractivity contribution >= 4 is 11.9 Å². The second kappa shape index (κ2) is 6.23. The number of hydrogen-bond donors (Lipinski definition) is 0. The van der Waals surface area contributed by atoms with Gasteiger partial charge < -0.3 is 19.4 Å². The number of urea groups is 1. The molecule has 2 rings (SSSR count). The highest BCUT2D eigenvalue weighted by atomic mass is 16.5. The summed E-state index contributed by atoms with van der Waals surface area (Å²) in [6.45, 7) is 4.05. The Labute approximate surface area is 114 Å². The van der Waals surface area contributed by atoms with Crippen molar-refractivity contribution in [2.45, 2.75) is 12.8 Å². The van der Waals surface area contributed by atoms with Crippen LogP contribution in [0, 0.1) is 5.92 Å². The molecule has 2 aliphatic rings. The molecule has 3 amide bonds. The highest BCUT2D eigenvalue weighted by Crippen LogP contribution is 2.20. The van der Waals surface area contributed by atoms with Crippen LogP contribution in [0.3, 0.4) is 0 Å². The summed E-state index contributed by atoms with van der Waals surface area (Å²) >= 11 is 0. The summed E-state index contributed by atoms with van der Waals surface area (Å²) in [5.41, 5.74) is 0. The largest absolute Gasteiger partial charge is 0.378 e. The van der Waals surface area contributed by atoms with E-state index >= 15 is 0 Å². The van der Waals surface area contributed by atoms with Gasteiger partial charge in [0.1, 0.15) is 0 Å². The zero-order valence-electron chi connectivity index (χ0n) is 11.8. The van der Waals surface area contributed by atoms with Gasteiger partial charge in [0, 0.05) is 46.2 Å². The molecule has 19 heavy (non-hydrogen) atoms. The molecule has 2 saturated heterocycles. The van der Waals surface area contributed by atoms with Gasteiger partial charge in [-0.3, -0.25) is 4.79 Å². The Kier molecular flexibility index (Phi) is 4.63. The van der Waals surface area contributed by atoms with E-state index in [-0.39, 0.29) is 17.9 Å². The first-order valence-corrected chi connectivity index (χ1v) is 6.92. The predicted molar refractivity (Wildman–Crippen MR) is 70.8 cm³/mol. The molecular weight excluding hydrogens is 246 g/mol. The van der Waals surface area contributed by atoms with E-state index in [1.807, 2.05) is 9.80 Å². The number of likely N-dealkylation sites (tertiary alicyclic amines) is 1. The average molecular weight is 269 g/mol. The minimum atomic E-state index is 0.0391. The molecule has 0 aromatic rings. The Morgan fingerprint density at radius 3 is 2.11 bits per heavy atom. The maximum absolute atomic E-state index is 12.3. The summed E-state index contributed by atoms with van der Waals surface area (Å²) in [6, 6.07) is 0.0391. The fourth-order valence-electron chi connectivity index (χ4n) is 2.64. The van der Waals surface area contributed by atoms with Gasteiger partial charge in [-0.25, -0.2) is 4.79 Å². The molecule has 0 radical (unpaired) electrons. The van der Waals surface area contributed by atoms with E-state index < -0.39 is 0 Å². The van der Waals surface area contributed by atoms with Crippen LogP contribution in [-0.2, 0) is 9.53 Å². The van der Waals surface area contributed by atoms with Crippen LogP contribution in [0.15, 0.2) is 0 Å². The Bertz CT molecular complexity index is 332. The van der Waals surface area contributed by atoms with E-state index in [2.05, 4.69) is 0 Å². The molecule has 0 spiro atoms. The lowest BCUT2D eigenvalue weighted by Gasteiger charge is -2.36. The predicted octanol–water partition coefficient (Wildman–Crippen LogP) is 0.239. The molecule has 2 heterocycles. The van der Waals surface area contributed by atoms with Crippen molar-refractivity contribution in [3.63, 3.8) is 0 Å². The van der Waals surface area contributed by atoms with E-state index in [1.54, 1.807) is 19.0 Å². The molecule has 0 aromatic carbocycles. The molecule has 108 valence electrons. The monoisotopic (exact) mass is 269 g/mol. The van der Waals surface area contributed by atoms with Crippen molar-refractivity contribution in [3.8, 4) is 0 Å². The van der Waals surface area contributed by atoms with Crippen molar-refractivity contribution in [1.82, 2.24) is 14.7 Å². The maximum Gasteiger partial charge on any atom is 0.319 e. The van der Waals surface area contributed by atoms with Crippen molar-refractivity contribution < 1.29 is 14.3 Å². The Balaban J connectivity index is 1.82. The Morgan fingerprint density at radius 2 is 1.58 bits per heavy atom. The van der Waals surface area contributed by atoms with Gasteiger partial charge in [-0.1, -0.05) is 0 Å². The molecule has 0 N–H and O–H groups in total. The first kappa shape index (κ1) is 14.1. The highest BCUT2D eigenvalue weighted by molar-refractivity contribution is 5.80. The van der Waals surface area contributed by atoms with Gasteiger partial charge >= 0.3 is 6.03 Å². The van der Waals surface area contributed by atoms with Crippen LogP contribution in [0.5, 0.6) is 0 Å². The standard InChI is InChI=1S/C13H23N3O3/c1-14(2)13(18)16-5-3-11(4-6-16)12(17)15-7-9-19-10-8-15/h11H,3-10H2,1-2H3. The fourth-order valence-corrected chi connectivity index (χ4v) is 2.64. The van der Waals surface area contributed by atoms with E-state index in [9.17, 15) is 9.59 Å². The summed E-state index contributed by atoms with van der Waals surface area (Å²) in [7, 11) is 3.51. The molecule has 6 heteroatoms. The minimum absolute atomic E-state index is 0.0391. The highest BCUT2D eigenvalue weighted by Gasteiger charge is 2.31. The van der Waals surface area contributed by atoms with Gasteiger partial charge in [-0.05, 0) is 12.8 Å². The summed E-state index contributed by atoms with van der Waals surface area (Å²) in [6.07, 6.45) is 1.55. The van der Waals surface area contributed by atoms with E-state index in [4.69, 9.17) is 4.74 Å². The molecule has 2 fully saturated rings. The third-order valence-corrected chi connectivity index (χ3v) is 3.82. The number of carbonyl (C=O) groups excluding carboxylic acids is 2. The first-order valence-electron chi connectivity index (χ1n) is 6.92. The lowest BCUT2D eigenvalue weighted by molar-refractivity contribution is -0.141. The zero-order valence-corrected chi connectivity index (χ0v) is 11.8. The number of hydrogen-bond acceptors (Lipinski definition) is 3. The molecule has 0 unspecified atom stereocenters. The van der Waals surface area contributed by atoms with Gasteiger partial charge in [0.25, 0.3) is 0 Å². The van der Waals surface area contributed by atoms with E-state index in [1.165, 1.54) is 0 Å². The van der Waals surface area contributed by atoms with Gasteiger partial charge in [0.05, 0.1) is 13.2 Å². The second-order valence-corrected chi connectivity index (χ2v) is 5.38. The lowest BCUT2D eigenvalue weighted by atomic mass is 9.95. The topological polar surface area (TPSA) is 53.1 Å². The van der Waals surface area contributed by atoms with Crippen LogP contribution < -0.4 is 0 Å². The number of carbonyl (C=O) groups is 2. The normalized spacial score (nSPS) is 21.4. The van der Waals surface area contributed by atoms with Crippen LogP contribution in [0.1, 0.15) is 12.8 Å². The molecule has 2 aliphatic heterocycles. The molecule has 0 atom stereocenters. The van der Waals surface area contributed by atoms with Crippen LogP contribution >= 0.6 is 0 Å². The third-order valence-electron chi connectivity index (χ3n) is 3.82. The van der Waals surface area contributed by atoms with Crippen LogP contribution in [-0.4, -0.2) is 80.1 Å². The van der Waals surface area contributed by atoms with Crippen molar-refractivity contribution in [2.75, 3.05) is 53.5 Å². The van der Waals surface area contributed by atoms with Crippen LogP contribution in [0.2, 0.25) is 0 Å². The van der Waals surface area contributed by atoms with Gasteiger partial charge in [-0.15, -0.1) is 0 Å². The molecule has 0 saturated carbocycles. The smallest absolute Gasteiger partial charge is 0.319 e. The quantitative estimate of drug-likeness (QED) is 0.685. The van der Waals surface area contributed by atoms with Crippen LogP contribution in [0.25, 0.3) is 0 Å². The fraction of sp³-hybridized carbons (Fsp3) is 0.846. The van der Waals surface area contributed by atoms with Crippen LogP contribution in [0.4, 0.5) is 4.79 Å². The summed E-state index contributed by atoms with van der Waals surface area (Å²) in [5, 5.41) is 0. The molecule has 0 aromatic heterocycles. The Hall–Kier alpha value is -1.30. The lowest BCUT2D eigenvalue weighted by Crippen LogP contribution is -2.49. The van der Waals surface area contributed by atoms with Crippen molar-refractivity contribution in [3.05, 3.63) is 0 Å². The summed E-state index contributed by atoms with van der Waals surface area (Å²) in [5.74, 6) is 0.310. The van der Waals surface area contributed by atoms with Gasteiger partial charge in [0.15, 0.2) is 0 Å². The number of rotatable bonds is 1. The molecule has 0 aliphatic carbocycles. The SMILES string of the molecule is CN(C)C(=O)N1CCC(C(=O)N2CCOCC2)CC1. The Morgan fingerprint density at radius 1 is 1.00 bits per heavy atom. The first-order chi connectivity index (χ1) is 9.09. The van der Waals surface area contributed by atoms with E-state index in [0.717, 1.165) is 12.8 Å². The second-order valence-electron chi connectivity index (χ2n) is 5.38. The van der Waals surface area contributed by atoms with E-state index in [0.29, 0.717) is 39.4 Å². The van der Waals surface area contributed by atoms with Crippen molar-refractivity contribution in [1.29, 1.82) is 0 Å². The molecular formula is C13H23N3O3. The average Bonchev–Trinajstić information content (AvgIpc) is 2.46. The molecule has 6 nitrogen and oxygen atoms in total. The number of piperidine rings is 1.